The van der Waals surface area contributed by atoms with Crippen molar-refractivity contribution in [1.29, 1.82) is 0 Å². The highest BCUT2D eigenvalue weighted by atomic mass is 16.4. The zero-order chi connectivity index (χ0) is 18.5. The van der Waals surface area contributed by atoms with Gasteiger partial charge in [-0.3, -0.25) is 9.78 Å². The Morgan fingerprint density at radius 3 is 2.73 bits per heavy atom. The molecular weight excluding hydrogens is 334 g/mol. The van der Waals surface area contributed by atoms with Crippen LogP contribution in [0.2, 0.25) is 0 Å². The smallest absolute Gasteiger partial charge is 0.272 e. The summed E-state index contributed by atoms with van der Waals surface area (Å²) < 4.78 is 5.58. The van der Waals surface area contributed by atoms with Crippen LogP contribution in [0.15, 0.2) is 64.2 Å². The number of carbonyl (C=O) groups is 2. The van der Waals surface area contributed by atoms with E-state index < -0.39 is 5.97 Å². The number of hydrazone groups is 1. The van der Waals surface area contributed by atoms with Crippen molar-refractivity contribution in [3.63, 3.8) is 0 Å². The van der Waals surface area contributed by atoms with Crippen molar-refractivity contribution in [3.05, 3.63) is 77.3 Å². The highest BCUT2D eigenvalue weighted by Crippen LogP contribution is 2.22. The van der Waals surface area contributed by atoms with Crippen molar-refractivity contribution in [3.8, 4) is 11.3 Å². The first kappa shape index (κ1) is 17.1. The molecule has 0 unspecified atom stereocenters. The van der Waals surface area contributed by atoms with E-state index in [-0.39, 0.29) is 11.5 Å². The molecule has 2 aromatic heterocycles. The number of nitrogens with one attached hydrogen (secondary N) is 1. The lowest BCUT2D eigenvalue weighted by atomic mass is 10.1. The molecule has 3 aromatic rings. The van der Waals surface area contributed by atoms with Crippen molar-refractivity contribution in [2.75, 3.05) is 0 Å². The van der Waals surface area contributed by atoms with Gasteiger partial charge < -0.3 is 14.3 Å². The van der Waals surface area contributed by atoms with E-state index in [9.17, 15) is 14.7 Å². The maximum atomic E-state index is 11.9. The Bertz CT molecular complexity index is 974. The molecule has 0 spiro atoms. The van der Waals surface area contributed by atoms with Gasteiger partial charge in [-0.1, -0.05) is 18.2 Å². The zero-order valence-corrected chi connectivity index (χ0v) is 13.8. The Kier molecular flexibility index (Phi) is 4.89. The fraction of sp³-hybridized carbons (Fsp3) is 0.0526. The van der Waals surface area contributed by atoms with E-state index in [1.54, 1.807) is 36.4 Å². The van der Waals surface area contributed by atoms with Crippen molar-refractivity contribution >= 4 is 18.1 Å². The number of furan rings is 1. The van der Waals surface area contributed by atoms with Gasteiger partial charge in [0.1, 0.15) is 11.5 Å². The largest absolute Gasteiger partial charge is 0.545 e. The highest BCUT2D eigenvalue weighted by molar-refractivity contribution is 5.94. The molecule has 0 fully saturated rings. The average molecular weight is 348 g/mol. The third-order valence-corrected chi connectivity index (χ3v) is 3.54. The molecule has 0 bridgehead atoms. The molecule has 0 saturated carbocycles. The minimum Gasteiger partial charge on any atom is -0.545 e. The van der Waals surface area contributed by atoms with Crippen LogP contribution in [0.3, 0.4) is 0 Å². The molecule has 0 radical (unpaired) electrons. The summed E-state index contributed by atoms with van der Waals surface area (Å²) in [6.45, 7) is 1.83. The van der Waals surface area contributed by atoms with Crippen LogP contribution in [0, 0.1) is 6.92 Å². The minimum absolute atomic E-state index is 0.0630. The molecule has 3 rings (SSSR count). The first-order valence-electron chi connectivity index (χ1n) is 7.70. The van der Waals surface area contributed by atoms with Gasteiger partial charge in [0, 0.05) is 17.5 Å². The monoisotopic (exact) mass is 348 g/mol. The van der Waals surface area contributed by atoms with Gasteiger partial charge in [-0.05, 0) is 42.8 Å². The van der Waals surface area contributed by atoms with Gasteiger partial charge in [-0.2, -0.15) is 5.10 Å². The number of amides is 1. The van der Waals surface area contributed by atoms with Crippen LogP contribution >= 0.6 is 0 Å². The third-order valence-electron chi connectivity index (χ3n) is 3.54. The van der Waals surface area contributed by atoms with E-state index in [4.69, 9.17) is 4.42 Å². The summed E-state index contributed by atoms with van der Waals surface area (Å²) in [5.74, 6) is -0.763. The quantitative estimate of drug-likeness (QED) is 0.558. The Hall–Kier alpha value is -3.74. The summed E-state index contributed by atoms with van der Waals surface area (Å²) in [7, 11) is 0. The molecule has 7 heteroatoms. The Morgan fingerprint density at radius 2 is 2.00 bits per heavy atom. The lowest BCUT2D eigenvalue weighted by Gasteiger charge is -2.03. The topological polar surface area (TPSA) is 108 Å². The van der Waals surface area contributed by atoms with E-state index in [0.717, 1.165) is 5.69 Å². The van der Waals surface area contributed by atoms with E-state index in [2.05, 4.69) is 15.5 Å². The lowest BCUT2D eigenvalue weighted by molar-refractivity contribution is -0.255. The molecule has 0 aliphatic rings. The van der Waals surface area contributed by atoms with Gasteiger partial charge in [0.15, 0.2) is 0 Å². The minimum atomic E-state index is -1.26. The summed E-state index contributed by atoms with van der Waals surface area (Å²) in [6, 6.07) is 13.0. The second-order valence-electron chi connectivity index (χ2n) is 5.46. The first-order chi connectivity index (χ1) is 12.5. The molecular formula is C19H14N3O4-. The number of hydrogen-bond acceptors (Lipinski definition) is 6. The summed E-state index contributed by atoms with van der Waals surface area (Å²) in [5, 5.41) is 14.8. The summed E-state index contributed by atoms with van der Waals surface area (Å²) in [4.78, 5) is 26.9. The third kappa shape index (κ3) is 4.02. The van der Waals surface area contributed by atoms with E-state index >= 15 is 0 Å². The number of aromatic nitrogens is 1. The van der Waals surface area contributed by atoms with Crippen molar-refractivity contribution in [2.45, 2.75) is 6.92 Å². The highest BCUT2D eigenvalue weighted by Gasteiger charge is 2.06. The van der Waals surface area contributed by atoms with Gasteiger partial charge in [0.2, 0.25) is 0 Å². The number of carbonyl (C=O) groups excluding carboxylic acids is 2. The average Bonchev–Trinajstić information content (AvgIpc) is 3.11. The fourth-order valence-corrected chi connectivity index (χ4v) is 2.20. The fourth-order valence-electron chi connectivity index (χ4n) is 2.20. The molecule has 0 saturated heterocycles. The Morgan fingerprint density at radius 1 is 1.15 bits per heavy atom. The number of carboxylic acid groups (broad SMARTS) is 1. The number of rotatable bonds is 5. The van der Waals surface area contributed by atoms with Crippen LogP contribution in [0.1, 0.15) is 32.2 Å². The first-order valence-corrected chi connectivity index (χ1v) is 7.70. The molecule has 2 heterocycles. The molecule has 1 N–H and O–H groups in total. The van der Waals surface area contributed by atoms with Crippen LogP contribution in [-0.4, -0.2) is 23.1 Å². The number of hydrogen-bond donors (Lipinski definition) is 1. The van der Waals surface area contributed by atoms with Crippen LogP contribution < -0.4 is 10.5 Å². The Labute approximate surface area is 149 Å². The maximum absolute atomic E-state index is 11.9. The number of nitrogens with zero attached hydrogens (tertiary/aromatic N) is 2. The number of aryl methyl sites for hydroxylation is 1. The molecule has 1 amide bonds. The van der Waals surface area contributed by atoms with Gasteiger partial charge in [-0.15, -0.1) is 0 Å². The SMILES string of the molecule is Cc1ccc(C(=O)N/N=C/c2ccc(-c3cccc(C(=O)[O-])c3)o2)cn1. The number of pyridine rings is 1. The van der Waals surface area contributed by atoms with Crippen LogP contribution in [0.25, 0.3) is 11.3 Å². The second kappa shape index (κ2) is 7.43. The molecule has 0 atom stereocenters. The summed E-state index contributed by atoms with van der Waals surface area (Å²) in [6.07, 6.45) is 2.82. The lowest BCUT2D eigenvalue weighted by Crippen LogP contribution is -2.22. The predicted octanol–water partition coefficient (Wildman–Crippen LogP) is 1.78. The molecule has 130 valence electrons. The van der Waals surface area contributed by atoms with Crippen LogP contribution in [0.5, 0.6) is 0 Å². The van der Waals surface area contributed by atoms with Gasteiger partial charge in [0.25, 0.3) is 5.91 Å². The Balaban J connectivity index is 1.67. The van der Waals surface area contributed by atoms with Crippen molar-refractivity contribution < 1.29 is 19.1 Å². The molecule has 1 aromatic carbocycles. The van der Waals surface area contributed by atoms with E-state index in [0.29, 0.717) is 22.6 Å². The molecule has 0 aliphatic carbocycles. The standard InChI is InChI=1S/C19H15N3O4/c1-12-5-6-15(10-20-12)18(23)22-21-11-16-7-8-17(26-16)13-3-2-4-14(9-13)19(24)25/h2-11H,1H3,(H,22,23)(H,24,25)/p-1/b21-11+. The molecule has 7 nitrogen and oxygen atoms in total. The second-order valence-corrected chi connectivity index (χ2v) is 5.46. The summed E-state index contributed by atoms with van der Waals surface area (Å²) >= 11 is 0. The molecule has 0 aliphatic heterocycles. The van der Waals surface area contributed by atoms with Crippen LogP contribution in [-0.2, 0) is 0 Å². The zero-order valence-electron chi connectivity index (χ0n) is 13.8. The number of carboxylic acids is 1. The van der Waals surface area contributed by atoms with E-state index in [1.165, 1.54) is 24.5 Å². The normalized spacial score (nSPS) is 10.8. The van der Waals surface area contributed by atoms with Crippen molar-refractivity contribution in [2.24, 2.45) is 5.10 Å². The number of benzene rings is 1. The van der Waals surface area contributed by atoms with Gasteiger partial charge >= 0.3 is 0 Å². The van der Waals surface area contributed by atoms with Gasteiger partial charge in [0.05, 0.1) is 17.7 Å². The summed E-state index contributed by atoms with van der Waals surface area (Å²) in [5.41, 5.74) is 4.26. The van der Waals surface area contributed by atoms with Crippen molar-refractivity contribution in [1.82, 2.24) is 10.4 Å². The molecule has 26 heavy (non-hydrogen) atoms. The van der Waals surface area contributed by atoms with E-state index in [1.807, 2.05) is 6.92 Å². The number of aromatic carboxylic acids is 1. The predicted molar refractivity (Wildman–Crippen MR) is 92.5 cm³/mol. The van der Waals surface area contributed by atoms with Crippen LogP contribution in [0.4, 0.5) is 0 Å². The maximum Gasteiger partial charge on any atom is 0.272 e. The van der Waals surface area contributed by atoms with Gasteiger partial charge in [-0.25, -0.2) is 5.43 Å².